The Morgan fingerprint density at radius 1 is 1.18 bits per heavy atom. The quantitative estimate of drug-likeness (QED) is 0.383. The zero-order valence-corrected chi connectivity index (χ0v) is 22.2. The van der Waals surface area contributed by atoms with E-state index in [0.717, 1.165) is 35.4 Å². The normalized spacial score (nSPS) is 15.8. The highest BCUT2D eigenvalue weighted by molar-refractivity contribution is 5.69. The van der Waals surface area contributed by atoms with E-state index in [9.17, 15) is 18.8 Å². The van der Waals surface area contributed by atoms with Crippen LogP contribution in [-0.2, 0) is 19.5 Å². The molecule has 0 bridgehead atoms. The molecule has 4 aromatic rings. The second kappa shape index (κ2) is 8.86. The van der Waals surface area contributed by atoms with Crippen molar-refractivity contribution in [3.8, 4) is 22.9 Å². The Morgan fingerprint density at radius 3 is 2.64 bits per heavy atom. The molecule has 1 aliphatic heterocycles. The largest absolute Gasteiger partial charge is 0.491 e. The fourth-order valence-corrected chi connectivity index (χ4v) is 5.36. The van der Waals surface area contributed by atoms with Crippen molar-refractivity contribution >= 4 is 11.6 Å². The lowest BCUT2D eigenvalue weighted by molar-refractivity contribution is 0.359. The van der Waals surface area contributed by atoms with Crippen LogP contribution in [0.1, 0.15) is 40.9 Å². The number of nitrogens with zero attached hydrogens (tertiary/aromatic N) is 7. The number of fused-ring (bicyclic) bond motifs is 2. The Hall–Kier alpha value is -4.33. The highest BCUT2D eigenvalue weighted by Gasteiger charge is 2.44. The molecule has 0 radical (unpaired) electrons. The average molecular weight is 532 g/mol. The Kier molecular flexibility index (Phi) is 5.68. The van der Waals surface area contributed by atoms with Gasteiger partial charge in [-0.15, -0.1) is 5.10 Å². The molecule has 1 fully saturated rings. The second-order valence-electron chi connectivity index (χ2n) is 10.5. The maximum atomic E-state index is 14.7. The molecule has 0 spiro atoms. The summed E-state index contributed by atoms with van der Waals surface area (Å²) in [7, 11) is 1.24. The molecule has 39 heavy (non-hydrogen) atoms. The monoisotopic (exact) mass is 531 g/mol. The van der Waals surface area contributed by atoms with E-state index in [-0.39, 0.29) is 17.8 Å². The number of hydrogen-bond acceptors (Lipinski definition) is 7. The zero-order valence-electron chi connectivity index (χ0n) is 22.2. The van der Waals surface area contributed by atoms with Gasteiger partial charge < -0.3 is 9.64 Å². The van der Waals surface area contributed by atoms with Gasteiger partial charge in [-0.2, -0.15) is 10.2 Å². The number of hydrogen-bond donors (Lipinski definition) is 0. The summed E-state index contributed by atoms with van der Waals surface area (Å²) in [6.45, 7) is 6.79. The van der Waals surface area contributed by atoms with E-state index < -0.39 is 22.8 Å². The molecular weight excluding hydrogens is 504 g/mol. The Morgan fingerprint density at radius 2 is 1.95 bits per heavy atom. The van der Waals surface area contributed by atoms with Crippen LogP contribution in [0.3, 0.4) is 0 Å². The number of pyridine rings is 1. The highest BCUT2D eigenvalue weighted by atomic mass is 19.1. The van der Waals surface area contributed by atoms with Crippen LogP contribution in [0, 0.1) is 49.2 Å². The summed E-state index contributed by atoms with van der Waals surface area (Å²) in [5, 5.41) is 13.9. The van der Waals surface area contributed by atoms with E-state index in [1.54, 1.807) is 13.1 Å². The number of nitriles is 1. The summed E-state index contributed by atoms with van der Waals surface area (Å²) >= 11 is 0. The first kappa shape index (κ1) is 25.0. The molecule has 9 nitrogen and oxygen atoms in total. The summed E-state index contributed by atoms with van der Waals surface area (Å²) in [5.74, 6) is -0.887. The molecule has 0 atom stereocenters. The number of aromatic nitrogens is 5. The number of anilines is 1. The van der Waals surface area contributed by atoms with Gasteiger partial charge in [0, 0.05) is 48.2 Å². The molecule has 0 saturated heterocycles. The van der Waals surface area contributed by atoms with Gasteiger partial charge in [-0.25, -0.2) is 22.7 Å². The lowest BCUT2D eigenvalue weighted by atomic mass is 9.96. The fourth-order valence-electron chi connectivity index (χ4n) is 5.36. The predicted molar refractivity (Wildman–Crippen MR) is 140 cm³/mol. The van der Waals surface area contributed by atoms with E-state index in [4.69, 9.17) is 9.72 Å². The number of methoxy groups -OCH3 is 1. The predicted octanol–water partition coefficient (Wildman–Crippen LogP) is 4.03. The zero-order chi connectivity index (χ0) is 27.6. The Bertz CT molecular complexity index is 1770. The molecule has 0 unspecified atom stereocenters. The van der Waals surface area contributed by atoms with E-state index in [2.05, 4.69) is 21.1 Å². The first-order chi connectivity index (χ1) is 18.7. The fraction of sp³-hybridized carbons (Fsp3) is 0.393. The second-order valence-corrected chi connectivity index (χ2v) is 10.5. The van der Waals surface area contributed by atoms with Gasteiger partial charge in [0.05, 0.1) is 25.1 Å². The van der Waals surface area contributed by atoms with Crippen LogP contribution in [0.15, 0.2) is 23.1 Å². The molecular formula is C28H27F2N7O2. The van der Waals surface area contributed by atoms with E-state index in [0.29, 0.717) is 42.2 Å². The molecule has 4 heterocycles. The van der Waals surface area contributed by atoms with Gasteiger partial charge in [0.15, 0.2) is 17.4 Å². The topological polar surface area (TPSA) is 101 Å². The van der Waals surface area contributed by atoms with Crippen molar-refractivity contribution in [3.05, 3.63) is 68.5 Å². The lowest BCUT2D eigenvalue weighted by Gasteiger charge is -2.31. The molecule has 2 aliphatic rings. The third kappa shape index (κ3) is 3.93. The molecule has 1 aliphatic carbocycles. The van der Waals surface area contributed by atoms with E-state index in [1.807, 2.05) is 19.9 Å². The van der Waals surface area contributed by atoms with Crippen LogP contribution < -0.4 is 15.3 Å². The number of rotatable bonds is 5. The average Bonchev–Trinajstić information content (AvgIpc) is 3.64. The van der Waals surface area contributed by atoms with Crippen LogP contribution in [0.4, 0.5) is 14.6 Å². The Balaban J connectivity index is 1.36. The summed E-state index contributed by atoms with van der Waals surface area (Å²) < 4.78 is 37.0. The third-order valence-electron chi connectivity index (χ3n) is 8.06. The summed E-state index contributed by atoms with van der Waals surface area (Å²) in [6, 6.07) is 5.50. The van der Waals surface area contributed by atoms with Crippen LogP contribution >= 0.6 is 0 Å². The highest BCUT2D eigenvalue weighted by Crippen LogP contribution is 2.46. The van der Waals surface area contributed by atoms with Crippen LogP contribution in [0.25, 0.3) is 16.9 Å². The molecule has 11 heteroatoms. The molecule has 1 saturated carbocycles. The van der Waals surface area contributed by atoms with Gasteiger partial charge in [-0.1, -0.05) is 0 Å². The standard InChI is InChI=1S/C28H27F2N7O2/c1-15-17(3)37-26(34-36(27(37)38)14-28(13-31)6-7-28)33-25(15)35-8-5-22-19(12-35)9-18(11-32-22)20-10-21(29)24(39-4)23(30)16(20)2/h9-11H,5-8,12,14H2,1-4H3. The number of halogens is 2. The SMILES string of the molecule is COc1c(F)cc(-c2cnc3c(c2)CN(c2nc4nn(CC5(C#N)CC5)c(=O)n4c(C)c2C)CC3)c(C)c1F. The van der Waals surface area contributed by atoms with Crippen molar-refractivity contribution in [1.29, 1.82) is 5.26 Å². The molecule has 1 aromatic carbocycles. The maximum absolute atomic E-state index is 14.7. The molecule has 200 valence electrons. The minimum absolute atomic E-state index is 0.261. The number of aryl methyl sites for hydroxylation is 1. The van der Waals surface area contributed by atoms with Gasteiger partial charge in [-0.05, 0) is 62.4 Å². The van der Waals surface area contributed by atoms with Gasteiger partial charge in [0.2, 0.25) is 0 Å². The van der Waals surface area contributed by atoms with Crippen molar-refractivity contribution in [2.45, 2.75) is 53.1 Å². The molecule has 3 aromatic heterocycles. The van der Waals surface area contributed by atoms with Crippen molar-refractivity contribution in [2.24, 2.45) is 5.41 Å². The smallest absolute Gasteiger partial charge is 0.351 e. The van der Waals surface area contributed by atoms with Gasteiger partial charge in [0.1, 0.15) is 5.82 Å². The van der Waals surface area contributed by atoms with Crippen LogP contribution in [-0.4, -0.2) is 37.8 Å². The van der Waals surface area contributed by atoms with Gasteiger partial charge >= 0.3 is 5.69 Å². The van der Waals surface area contributed by atoms with Crippen molar-refractivity contribution in [1.82, 2.24) is 24.1 Å². The number of ether oxygens (including phenoxy) is 1. The lowest BCUT2D eigenvalue weighted by Crippen LogP contribution is -2.33. The minimum atomic E-state index is -0.768. The van der Waals surface area contributed by atoms with E-state index in [1.165, 1.54) is 22.3 Å². The molecule has 0 N–H and O–H groups in total. The Labute approximate surface area is 223 Å². The van der Waals surface area contributed by atoms with Crippen molar-refractivity contribution in [2.75, 3.05) is 18.6 Å². The van der Waals surface area contributed by atoms with Gasteiger partial charge in [0.25, 0.3) is 5.78 Å². The summed E-state index contributed by atoms with van der Waals surface area (Å²) in [4.78, 5) is 24.6. The van der Waals surface area contributed by atoms with Crippen LogP contribution in [0.5, 0.6) is 5.75 Å². The van der Waals surface area contributed by atoms with Crippen molar-refractivity contribution < 1.29 is 13.5 Å². The third-order valence-corrected chi connectivity index (χ3v) is 8.06. The van der Waals surface area contributed by atoms with E-state index >= 15 is 0 Å². The number of benzene rings is 1. The first-order valence-corrected chi connectivity index (χ1v) is 12.8. The van der Waals surface area contributed by atoms with Crippen LogP contribution in [0.2, 0.25) is 0 Å². The van der Waals surface area contributed by atoms with Gasteiger partial charge in [-0.3, -0.25) is 4.98 Å². The summed E-state index contributed by atoms with van der Waals surface area (Å²) in [5.41, 5.74) is 3.96. The maximum Gasteiger partial charge on any atom is 0.351 e. The minimum Gasteiger partial charge on any atom is -0.491 e. The van der Waals surface area contributed by atoms with Crippen molar-refractivity contribution in [3.63, 3.8) is 0 Å². The molecule has 0 amide bonds. The molecule has 6 rings (SSSR count). The first-order valence-electron chi connectivity index (χ1n) is 12.8. The summed E-state index contributed by atoms with van der Waals surface area (Å²) in [6.07, 6.45) is 3.84.